The van der Waals surface area contributed by atoms with Crippen LogP contribution in [0.25, 0.3) is 0 Å². The smallest absolute Gasteiger partial charge is 0.285 e. The molecule has 0 fully saturated rings. The van der Waals surface area contributed by atoms with Gasteiger partial charge >= 0.3 is 0 Å². The van der Waals surface area contributed by atoms with Gasteiger partial charge < -0.3 is 5.73 Å². The number of alkyl halides is 2. The molecule has 74 valence electrons. The fourth-order valence-electron chi connectivity index (χ4n) is 0.812. The van der Waals surface area contributed by atoms with E-state index in [4.69, 9.17) is 5.73 Å². The molecule has 13 heavy (non-hydrogen) atoms. The zero-order valence-electron chi connectivity index (χ0n) is 6.64. The Balaban J connectivity index is 0.00000144. The predicted molar refractivity (Wildman–Crippen MR) is 54.3 cm³/mol. The maximum atomic E-state index is 12.9. The number of halogens is 4. The van der Waals surface area contributed by atoms with Gasteiger partial charge in [0.1, 0.15) is 0 Å². The molecule has 0 aliphatic heterocycles. The van der Waals surface area contributed by atoms with Crippen molar-refractivity contribution in [3.8, 4) is 0 Å². The quantitative estimate of drug-likeness (QED) is 0.880. The van der Waals surface area contributed by atoms with Crippen LogP contribution in [0.2, 0.25) is 0 Å². The Kier molecular flexibility index (Phi) is 4.81. The third-order valence-corrected chi connectivity index (χ3v) is 2.05. The lowest BCUT2D eigenvalue weighted by atomic mass is 10.1. The van der Waals surface area contributed by atoms with Crippen molar-refractivity contribution < 1.29 is 8.78 Å². The van der Waals surface area contributed by atoms with Gasteiger partial charge in [-0.25, -0.2) is 0 Å². The highest BCUT2D eigenvalue weighted by atomic mass is 79.9. The van der Waals surface area contributed by atoms with Crippen LogP contribution in [0.3, 0.4) is 0 Å². The van der Waals surface area contributed by atoms with Crippen molar-refractivity contribution >= 4 is 28.3 Å². The van der Waals surface area contributed by atoms with Crippen LogP contribution in [0.5, 0.6) is 0 Å². The van der Waals surface area contributed by atoms with Gasteiger partial charge in [-0.05, 0) is 12.1 Å². The molecular weight excluding hydrogens is 263 g/mol. The number of nitrogens with two attached hydrogens (primary N) is 1. The first kappa shape index (κ1) is 12.8. The summed E-state index contributed by atoms with van der Waals surface area (Å²) in [5.74, 6) is -2.92. The third-order valence-electron chi connectivity index (χ3n) is 1.52. The number of benzene rings is 1. The van der Waals surface area contributed by atoms with Gasteiger partial charge in [-0.3, -0.25) is 0 Å². The van der Waals surface area contributed by atoms with E-state index in [1.54, 1.807) is 12.1 Å². The third kappa shape index (κ3) is 3.21. The van der Waals surface area contributed by atoms with Crippen LogP contribution in [0, 0.1) is 0 Å². The van der Waals surface area contributed by atoms with E-state index in [0.29, 0.717) is 0 Å². The van der Waals surface area contributed by atoms with E-state index in [1.807, 2.05) is 0 Å². The van der Waals surface area contributed by atoms with E-state index in [0.717, 1.165) is 4.47 Å². The summed E-state index contributed by atoms with van der Waals surface area (Å²) in [6.45, 7) is -0.658. The molecule has 0 atom stereocenters. The Morgan fingerprint density at radius 3 is 2.08 bits per heavy atom. The predicted octanol–water partition coefficient (Wildman–Crippen LogP) is 2.92. The highest BCUT2D eigenvalue weighted by Crippen LogP contribution is 2.27. The number of hydrogen-bond acceptors (Lipinski definition) is 1. The fraction of sp³-hybridized carbons (Fsp3) is 0.250. The van der Waals surface area contributed by atoms with Crippen LogP contribution >= 0.6 is 28.3 Å². The summed E-state index contributed by atoms with van der Waals surface area (Å²) >= 11 is 3.16. The largest absolute Gasteiger partial charge is 0.325 e. The lowest BCUT2D eigenvalue weighted by molar-refractivity contribution is 0.00594. The fourth-order valence-corrected chi connectivity index (χ4v) is 1.08. The summed E-state index contributed by atoms with van der Waals surface area (Å²) in [4.78, 5) is 0. The summed E-state index contributed by atoms with van der Waals surface area (Å²) in [6.07, 6.45) is 0. The standard InChI is InChI=1S/C8H8BrF2N.ClH/c9-7-3-1-6(2-4-7)8(10,11)5-12;/h1-4H,5,12H2;1H. The van der Waals surface area contributed by atoms with Gasteiger partial charge in [0.15, 0.2) is 0 Å². The Morgan fingerprint density at radius 1 is 1.23 bits per heavy atom. The van der Waals surface area contributed by atoms with Crippen molar-refractivity contribution in [1.82, 2.24) is 0 Å². The van der Waals surface area contributed by atoms with Crippen LogP contribution in [0.4, 0.5) is 8.78 Å². The molecule has 1 aromatic rings. The lowest BCUT2D eigenvalue weighted by Gasteiger charge is -2.13. The molecule has 0 radical (unpaired) electrons. The number of hydrogen-bond donors (Lipinski definition) is 1. The molecular formula is C8H9BrClF2N. The molecule has 0 aromatic heterocycles. The summed E-state index contributed by atoms with van der Waals surface area (Å²) in [7, 11) is 0. The SMILES string of the molecule is Cl.NCC(F)(F)c1ccc(Br)cc1. The Hall–Kier alpha value is -0.190. The molecule has 0 saturated carbocycles. The minimum atomic E-state index is -2.92. The van der Waals surface area contributed by atoms with E-state index in [1.165, 1.54) is 12.1 Å². The first-order valence-corrected chi connectivity index (χ1v) is 4.19. The van der Waals surface area contributed by atoms with Crippen molar-refractivity contribution in [2.75, 3.05) is 6.54 Å². The molecule has 5 heteroatoms. The highest BCUT2D eigenvalue weighted by Gasteiger charge is 2.28. The Morgan fingerprint density at radius 2 is 1.69 bits per heavy atom. The minimum Gasteiger partial charge on any atom is -0.325 e. The summed E-state index contributed by atoms with van der Waals surface area (Å²) in [6, 6.07) is 5.85. The van der Waals surface area contributed by atoms with E-state index < -0.39 is 12.5 Å². The topological polar surface area (TPSA) is 26.0 Å². The maximum Gasteiger partial charge on any atom is 0.285 e. The first-order chi connectivity index (χ1) is 5.56. The molecule has 1 nitrogen and oxygen atoms in total. The summed E-state index contributed by atoms with van der Waals surface area (Å²) < 4.78 is 26.5. The molecule has 0 aliphatic carbocycles. The van der Waals surface area contributed by atoms with Crippen LogP contribution in [0.15, 0.2) is 28.7 Å². The average Bonchev–Trinajstić information content (AvgIpc) is 2.05. The van der Waals surface area contributed by atoms with Gasteiger partial charge in [0, 0.05) is 10.0 Å². The zero-order chi connectivity index (χ0) is 9.19. The Labute approximate surface area is 89.9 Å². The molecule has 2 N–H and O–H groups in total. The summed E-state index contributed by atoms with van der Waals surface area (Å²) in [5.41, 5.74) is 4.87. The van der Waals surface area contributed by atoms with Crippen molar-refractivity contribution in [1.29, 1.82) is 0 Å². The average molecular weight is 273 g/mol. The van der Waals surface area contributed by atoms with Crippen LogP contribution in [0.1, 0.15) is 5.56 Å². The van der Waals surface area contributed by atoms with Gasteiger partial charge in [0.2, 0.25) is 0 Å². The van der Waals surface area contributed by atoms with Crippen molar-refractivity contribution in [2.45, 2.75) is 5.92 Å². The second kappa shape index (κ2) is 4.88. The monoisotopic (exact) mass is 271 g/mol. The van der Waals surface area contributed by atoms with Crippen LogP contribution < -0.4 is 5.73 Å². The normalized spacial score (nSPS) is 10.8. The van der Waals surface area contributed by atoms with Gasteiger partial charge in [0.25, 0.3) is 5.92 Å². The molecule has 0 saturated heterocycles. The molecule has 1 aromatic carbocycles. The second-order valence-electron chi connectivity index (χ2n) is 2.42. The molecule has 1 rings (SSSR count). The maximum absolute atomic E-state index is 12.9. The van der Waals surface area contributed by atoms with Gasteiger partial charge in [-0.15, -0.1) is 12.4 Å². The van der Waals surface area contributed by atoms with E-state index >= 15 is 0 Å². The van der Waals surface area contributed by atoms with Crippen molar-refractivity contribution in [3.05, 3.63) is 34.3 Å². The highest BCUT2D eigenvalue weighted by molar-refractivity contribution is 9.10. The zero-order valence-corrected chi connectivity index (χ0v) is 9.04. The van der Waals surface area contributed by atoms with Gasteiger partial charge in [-0.1, -0.05) is 28.1 Å². The second-order valence-corrected chi connectivity index (χ2v) is 3.33. The molecule has 0 heterocycles. The van der Waals surface area contributed by atoms with Crippen molar-refractivity contribution in [2.24, 2.45) is 5.73 Å². The van der Waals surface area contributed by atoms with Gasteiger partial charge in [0.05, 0.1) is 6.54 Å². The summed E-state index contributed by atoms with van der Waals surface area (Å²) in [5, 5.41) is 0. The minimum absolute atomic E-state index is 0. The van der Waals surface area contributed by atoms with Crippen molar-refractivity contribution in [3.63, 3.8) is 0 Å². The van der Waals surface area contributed by atoms with Crippen LogP contribution in [-0.4, -0.2) is 6.54 Å². The Bertz CT molecular complexity index is 263. The van der Waals surface area contributed by atoms with Crippen LogP contribution in [-0.2, 0) is 5.92 Å². The van der Waals surface area contributed by atoms with E-state index in [2.05, 4.69) is 15.9 Å². The molecule has 0 spiro atoms. The molecule has 0 unspecified atom stereocenters. The molecule has 0 bridgehead atoms. The molecule has 0 aliphatic rings. The molecule has 0 amide bonds. The van der Waals surface area contributed by atoms with E-state index in [-0.39, 0.29) is 18.0 Å². The van der Waals surface area contributed by atoms with E-state index in [9.17, 15) is 8.78 Å². The number of rotatable bonds is 2. The van der Waals surface area contributed by atoms with Gasteiger partial charge in [-0.2, -0.15) is 8.78 Å². The lowest BCUT2D eigenvalue weighted by Crippen LogP contribution is -2.24. The first-order valence-electron chi connectivity index (χ1n) is 3.40.